The predicted molar refractivity (Wildman–Crippen MR) is 97.5 cm³/mol. The molecule has 24 heavy (non-hydrogen) atoms. The molecule has 0 spiro atoms. The second-order valence-corrected chi connectivity index (χ2v) is 7.37. The van der Waals surface area contributed by atoms with Gasteiger partial charge >= 0.3 is 0 Å². The summed E-state index contributed by atoms with van der Waals surface area (Å²) < 4.78 is 6.13. The van der Waals surface area contributed by atoms with E-state index < -0.39 is 5.91 Å². The Morgan fingerprint density at radius 3 is 2.29 bits per heavy atom. The van der Waals surface area contributed by atoms with Crippen LogP contribution in [0.1, 0.15) is 20.0 Å². The van der Waals surface area contributed by atoms with Gasteiger partial charge < -0.3 is 4.74 Å². The topological polar surface area (TPSA) is 67.4 Å². The number of amides is 2. The molecule has 7 heteroatoms. The summed E-state index contributed by atoms with van der Waals surface area (Å²) in [6, 6.07) is 14.6. The molecule has 5 nitrogen and oxygen atoms in total. The normalized spacial score (nSPS) is 10.4. The van der Waals surface area contributed by atoms with E-state index in [1.807, 2.05) is 24.3 Å². The number of hydrazine groups is 1. The first-order valence-corrected chi connectivity index (χ1v) is 8.62. The van der Waals surface area contributed by atoms with Crippen LogP contribution in [0.3, 0.4) is 0 Å². The maximum absolute atomic E-state index is 12.4. The Bertz CT molecular complexity index is 923. The zero-order valence-electron chi connectivity index (χ0n) is 12.6. The van der Waals surface area contributed by atoms with E-state index in [-0.39, 0.29) is 5.91 Å². The Labute approximate surface area is 150 Å². The number of carbonyl (C=O) groups is 2. The van der Waals surface area contributed by atoms with E-state index in [1.165, 1.54) is 18.4 Å². The maximum atomic E-state index is 12.4. The number of rotatable bonds is 3. The van der Waals surface area contributed by atoms with Crippen molar-refractivity contribution in [2.24, 2.45) is 0 Å². The average Bonchev–Trinajstić information content (AvgIpc) is 3.04. The van der Waals surface area contributed by atoms with Crippen LogP contribution in [0.15, 0.2) is 52.3 Å². The molecule has 2 amide bonds. The molecule has 0 fully saturated rings. The third-order valence-electron chi connectivity index (χ3n) is 3.40. The van der Waals surface area contributed by atoms with E-state index in [2.05, 4.69) is 26.8 Å². The second-order valence-electron chi connectivity index (χ2n) is 4.91. The van der Waals surface area contributed by atoms with Crippen LogP contribution in [0.4, 0.5) is 0 Å². The van der Waals surface area contributed by atoms with E-state index >= 15 is 0 Å². The zero-order chi connectivity index (χ0) is 17.1. The van der Waals surface area contributed by atoms with Gasteiger partial charge in [0, 0.05) is 0 Å². The lowest BCUT2D eigenvalue weighted by molar-refractivity contribution is 0.0847. The molecule has 0 unspecified atom stereocenters. The van der Waals surface area contributed by atoms with Gasteiger partial charge in [-0.15, -0.1) is 11.3 Å². The Kier molecular flexibility index (Phi) is 4.82. The number of fused-ring (bicyclic) bond motifs is 1. The van der Waals surface area contributed by atoms with Crippen molar-refractivity contribution in [1.82, 2.24) is 10.9 Å². The van der Waals surface area contributed by atoms with E-state index in [9.17, 15) is 9.59 Å². The Morgan fingerprint density at radius 1 is 1.00 bits per heavy atom. The highest BCUT2D eigenvalue weighted by Crippen LogP contribution is 2.26. The molecule has 2 N–H and O–H groups in total. The number of hydrogen-bond donors (Lipinski definition) is 2. The number of ether oxygens (including phenoxy) is 1. The average molecular weight is 405 g/mol. The summed E-state index contributed by atoms with van der Waals surface area (Å²) in [5, 5.41) is 1.88. The molecular formula is C17H13BrN2O3S. The second kappa shape index (κ2) is 7.02. The number of nitrogens with one attached hydrogen (secondary N) is 2. The Balaban J connectivity index is 1.79. The third-order valence-corrected chi connectivity index (χ3v) is 5.02. The molecule has 0 aliphatic heterocycles. The van der Waals surface area contributed by atoms with Crippen molar-refractivity contribution in [3.8, 4) is 5.75 Å². The summed E-state index contributed by atoms with van der Waals surface area (Å²) in [4.78, 5) is 24.9. The van der Waals surface area contributed by atoms with Gasteiger partial charge in [-0.05, 0) is 51.0 Å². The van der Waals surface area contributed by atoms with Gasteiger partial charge in [-0.2, -0.15) is 0 Å². The summed E-state index contributed by atoms with van der Waals surface area (Å²) in [6.45, 7) is 0. The molecule has 0 radical (unpaired) electrons. The van der Waals surface area contributed by atoms with Crippen molar-refractivity contribution >= 4 is 49.9 Å². The SMILES string of the molecule is COc1cc2ccccc2cc1C(=O)NNC(=O)c1ccc(Br)s1. The molecule has 0 aliphatic rings. The number of hydrogen-bond acceptors (Lipinski definition) is 4. The lowest BCUT2D eigenvalue weighted by Gasteiger charge is -2.11. The van der Waals surface area contributed by atoms with Gasteiger partial charge in [-0.1, -0.05) is 24.3 Å². The first-order chi connectivity index (χ1) is 11.6. The fourth-order valence-corrected chi connectivity index (χ4v) is 3.53. The third kappa shape index (κ3) is 3.42. The fraction of sp³-hybridized carbons (Fsp3) is 0.0588. The van der Waals surface area contributed by atoms with Crippen LogP contribution in [0.25, 0.3) is 10.8 Å². The molecule has 122 valence electrons. The molecule has 1 heterocycles. The summed E-state index contributed by atoms with van der Waals surface area (Å²) in [7, 11) is 1.50. The van der Waals surface area contributed by atoms with Crippen LogP contribution in [-0.4, -0.2) is 18.9 Å². The number of benzene rings is 2. The molecule has 0 bridgehead atoms. The summed E-state index contributed by atoms with van der Waals surface area (Å²) in [5.41, 5.74) is 5.18. The minimum absolute atomic E-state index is 0.351. The summed E-state index contributed by atoms with van der Waals surface area (Å²) >= 11 is 4.58. The lowest BCUT2D eigenvalue weighted by atomic mass is 10.1. The van der Waals surface area contributed by atoms with Crippen LogP contribution in [-0.2, 0) is 0 Å². The first-order valence-electron chi connectivity index (χ1n) is 7.01. The van der Waals surface area contributed by atoms with Gasteiger partial charge in [0.1, 0.15) is 5.75 Å². The standard InChI is InChI=1S/C17H13BrN2O3S/c1-23-13-9-11-5-3-2-4-10(11)8-12(13)16(21)19-20-17(22)14-6-7-15(18)24-14/h2-9H,1H3,(H,19,21)(H,20,22). The number of halogens is 1. The largest absolute Gasteiger partial charge is 0.496 e. The number of carbonyl (C=O) groups excluding carboxylic acids is 2. The molecule has 0 saturated carbocycles. The molecule has 3 rings (SSSR count). The molecule has 0 atom stereocenters. The highest BCUT2D eigenvalue weighted by molar-refractivity contribution is 9.11. The first kappa shape index (κ1) is 16.5. The highest BCUT2D eigenvalue weighted by Gasteiger charge is 2.15. The van der Waals surface area contributed by atoms with Crippen molar-refractivity contribution in [2.45, 2.75) is 0 Å². The van der Waals surface area contributed by atoms with E-state index in [4.69, 9.17) is 4.74 Å². The molecule has 2 aromatic carbocycles. The van der Waals surface area contributed by atoms with Gasteiger partial charge in [0.25, 0.3) is 11.8 Å². The maximum Gasteiger partial charge on any atom is 0.279 e. The van der Waals surface area contributed by atoms with Gasteiger partial charge in [-0.3, -0.25) is 20.4 Å². The van der Waals surface area contributed by atoms with Crippen molar-refractivity contribution in [3.05, 3.63) is 62.8 Å². The smallest absolute Gasteiger partial charge is 0.279 e. The monoisotopic (exact) mass is 404 g/mol. The zero-order valence-corrected chi connectivity index (χ0v) is 15.0. The van der Waals surface area contributed by atoms with Gasteiger partial charge in [-0.25, -0.2) is 0 Å². The van der Waals surface area contributed by atoms with E-state index in [1.54, 1.807) is 24.3 Å². The summed E-state index contributed by atoms with van der Waals surface area (Å²) in [5.74, 6) is -0.375. The summed E-state index contributed by atoms with van der Waals surface area (Å²) in [6.07, 6.45) is 0. The molecule has 3 aromatic rings. The Hall–Kier alpha value is -2.38. The molecule has 0 saturated heterocycles. The fourth-order valence-electron chi connectivity index (χ4n) is 2.24. The van der Waals surface area contributed by atoms with Gasteiger partial charge in [0.15, 0.2) is 0 Å². The van der Waals surface area contributed by atoms with E-state index in [0.717, 1.165) is 14.6 Å². The lowest BCUT2D eigenvalue weighted by Crippen LogP contribution is -2.41. The molecule has 0 aliphatic carbocycles. The van der Waals surface area contributed by atoms with E-state index in [0.29, 0.717) is 16.2 Å². The van der Waals surface area contributed by atoms with Crippen LogP contribution >= 0.6 is 27.3 Å². The van der Waals surface area contributed by atoms with Gasteiger partial charge in [0.05, 0.1) is 21.3 Å². The van der Waals surface area contributed by atoms with Crippen LogP contribution in [0, 0.1) is 0 Å². The predicted octanol–water partition coefficient (Wildman–Crippen LogP) is 3.75. The highest BCUT2D eigenvalue weighted by atomic mass is 79.9. The Morgan fingerprint density at radius 2 is 1.67 bits per heavy atom. The molecular weight excluding hydrogens is 392 g/mol. The van der Waals surface area contributed by atoms with Crippen LogP contribution < -0.4 is 15.6 Å². The van der Waals surface area contributed by atoms with Gasteiger partial charge in [0.2, 0.25) is 0 Å². The minimum atomic E-state index is -0.443. The van der Waals surface area contributed by atoms with Crippen molar-refractivity contribution in [3.63, 3.8) is 0 Å². The number of methoxy groups -OCH3 is 1. The van der Waals surface area contributed by atoms with Crippen LogP contribution in [0.5, 0.6) is 5.75 Å². The quantitative estimate of drug-likeness (QED) is 0.653. The number of thiophene rings is 1. The minimum Gasteiger partial charge on any atom is -0.496 e. The van der Waals surface area contributed by atoms with Crippen molar-refractivity contribution in [1.29, 1.82) is 0 Å². The van der Waals surface area contributed by atoms with Crippen molar-refractivity contribution in [2.75, 3.05) is 7.11 Å². The van der Waals surface area contributed by atoms with Crippen molar-refractivity contribution < 1.29 is 14.3 Å². The molecule has 1 aromatic heterocycles. The van der Waals surface area contributed by atoms with Crippen LogP contribution in [0.2, 0.25) is 0 Å².